The van der Waals surface area contributed by atoms with Crippen molar-refractivity contribution in [1.82, 2.24) is 14.5 Å². The van der Waals surface area contributed by atoms with E-state index < -0.39 is 5.82 Å². The molecular formula is C16H9BrFN3O2. The van der Waals surface area contributed by atoms with E-state index in [-0.39, 0.29) is 12.2 Å². The van der Waals surface area contributed by atoms with E-state index in [1.807, 2.05) is 0 Å². The third kappa shape index (κ3) is 2.24. The Morgan fingerprint density at radius 2 is 2.17 bits per heavy atom. The molecule has 3 aromatic heterocycles. The molecule has 0 aromatic carbocycles. The molecule has 114 valence electrons. The fourth-order valence-electron chi connectivity index (χ4n) is 2.61. The summed E-state index contributed by atoms with van der Waals surface area (Å²) < 4.78 is 20.8. The fraction of sp³-hybridized carbons (Fsp3) is 0.0625. The van der Waals surface area contributed by atoms with Crippen molar-refractivity contribution >= 4 is 15.9 Å². The van der Waals surface area contributed by atoms with Gasteiger partial charge in [-0.25, -0.2) is 9.37 Å². The Labute approximate surface area is 138 Å². The minimum Gasteiger partial charge on any atom is -0.485 e. The Morgan fingerprint density at radius 3 is 2.96 bits per heavy atom. The van der Waals surface area contributed by atoms with Gasteiger partial charge in [0.05, 0.1) is 28.2 Å². The van der Waals surface area contributed by atoms with Gasteiger partial charge in [-0.3, -0.25) is 14.3 Å². The molecule has 7 heteroatoms. The summed E-state index contributed by atoms with van der Waals surface area (Å²) in [6, 6.07) is 6.52. The number of pyridine rings is 3. The number of aromatic nitrogens is 3. The maximum atomic E-state index is 13.3. The van der Waals surface area contributed by atoms with Gasteiger partial charge in [0.25, 0.3) is 5.56 Å². The van der Waals surface area contributed by atoms with Gasteiger partial charge in [-0.05, 0) is 34.1 Å². The molecule has 0 unspecified atom stereocenters. The molecule has 0 N–H and O–H groups in total. The Morgan fingerprint density at radius 1 is 1.30 bits per heavy atom. The molecule has 4 heterocycles. The van der Waals surface area contributed by atoms with Crippen molar-refractivity contribution < 1.29 is 9.13 Å². The highest BCUT2D eigenvalue weighted by Gasteiger charge is 2.24. The molecule has 1 aliphatic rings. The highest BCUT2D eigenvalue weighted by atomic mass is 79.9. The maximum absolute atomic E-state index is 13.3. The first-order valence-corrected chi connectivity index (χ1v) is 7.58. The zero-order chi connectivity index (χ0) is 16.0. The number of hydrogen-bond acceptors (Lipinski definition) is 4. The van der Waals surface area contributed by atoms with Crippen LogP contribution in [0.4, 0.5) is 4.39 Å². The van der Waals surface area contributed by atoms with Crippen LogP contribution in [-0.4, -0.2) is 14.5 Å². The topological polar surface area (TPSA) is 57.0 Å². The van der Waals surface area contributed by atoms with Crippen molar-refractivity contribution in [3.63, 3.8) is 0 Å². The number of rotatable bonds is 1. The largest absolute Gasteiger partial charge is 0.485 e. The second kappa shape index (κ2) is 5.27. The van der Waals surface area contributed by atoms with Gasteiger partial charge in [0.15, 0.2) is 0 Å². The van der Waals surface area contributed by atoms with Crippen LogP contribution in [0.5, 0.6) is 5.75 Å². The zero-order valence-corrected chi connectivity index (χ0v) is 13.2. The van der Waals surface area contributed by atoms with Crippen LogP contribution in [0.3, 0.4) is 0 Å². The van der Waals surface area contributed by atoms with E-state index in [9.17, 15) is 9.18 Å². The number of ether oxygens (including phenoxy) is 1. The molecule has 0 bridgehead atoms. The monoisotopic (exact) mass is 373 g/mol. The van der Waals surface area contributed by atoms with E-state index in [2.05, 4.69) is 25.9 Å². The van der Waals surface area contributed by atoms with Gasteiger partial charge in [-0.1, -0.05) is 0 Å². The van der Waals surface area contributed by atoms with Crippen LogP contribution < -0.4 is 10.3 Å². The molecular weight excluding hydrogens is 365 g/mol. The molecule has 0 fully saturated rings. The number of hydrogen-bond donors (Lipinski definition) is 0. The SMILES string of the molecule is O=c1c(Br)cc2c(n1-c1cccnc1)COc1cc(F)cnc1-2. The number of fused-ring (bicyclic) bond motifs is 3. The van der Waals surface area contributed by atoms with Crippen LogP contribution >= 0.6 is 15.9 Å². The van der Waals surface area contributed by atoms with E-state index in [4.69, 9.17) is 4.74 Å². The molecule has 0 spiro atoms. The molecule has 0 saturated heterocycles. The van der Waals surface area contributed by atoms with E-state index in [0.717, 1.165) is 11.8 Å². The lowest BCUT2D eigenvalue weighted by atomic mass is 10.1. The first kappa shape index (κ1) is 14.1. The van der Waals surface area contributed by atoms with Gasteiger partial charge in [0, 0.05) is 17.8 Å². The van der Waals surface area contributed by atoms with Gasteiger partial charge in [-0.15, -0.1) is 0 Å². The van der Waals surface area contributed by atoms with Gasteiger partial charge in [0.1, 0.15) is 23.9 Å². The summed E-state index contributed by atoms with van der Waals surface area (Å²) in [5.74, 6) is -0.104. The van der Waals surface area contributed by atoms with Crippen LogP contribution in [-0.2, 0) is 6.61 Å². The van der Waals surface area contributed by atoms with E-state index in [1.165, 1.54) is 10.6 Å². The van der Waals surface area contributed by atoms with Gasteiger partial charge < -0.3 is 4.74 Å². The summed E-state index contributed by atoms with van der Waals surface area (Å²) in [5, 5.41) is 0. The smallest absolute Gasteiger partial charge is 0.269 e. The Bertz CT molecular complexity index is 973. The molecule has 0 amide bonds. The quantitative estimate of drug-likeness (QED) is 0.657. The standard InChI is InChI=1S/C16H9BrFN3O2/c17-12-5-11-13(8-23-14-4-9(18)6-20-15(11)14)21(16(12)22)10-2-1-3-19-7-10/h1-7H,8H2. The summed E-state index contributed by atoms with van der Waals surface area (Å²) in [6.45, 7) is 0.144. The molecule has 0 atom stereocenters. The normalized spacial score (nSPS) is 12.3. The summed E-state index contributed by atoms with van der Waals surface area (Å²) >= 11 is 3.29. The number of halogens is 2. The summed E-state index contributed by atoms with van der Waals surface area (Å²) in [7, 11) is 0. The average Bonchev–Trinajstić information content (AvgIpc) is 2.56. The second-order valence-electron chi connectivity index (χ2n) is 4.99. The molecule has 0 aliphatic carbocycles. The van der Waals surface area contributed by atoms with Crippen LogP contribution in [0, 0.1) is 5.82 Å². The van der Waals surface area contributed by atoms with E-state index in [0.29, 0.717) is 27.3 Å². The molecule has 4 rings (SSSR count). The van der Waals surface area contributed by atoms with Gasteiger partial charge in [-0.2, -0.15) is 0 Å². The van der Waals surface area contributed by atoms with Crippen LogP contribution in [0.1, 0.15) is 5.69 Å². The molecule has 23 heavy (non-hydrogen) atoms. The van der Waals surface area contributed by atoms with Crippen molar-refractivity contribution in [2.24, 2.45) is 0 Å². The van der Waals surface area contributed by atoms with Crippen molar-refractivity contribution in [3.8, 4) is 22.7 Å². The lowest BCUT2D eigenvalue weighted by molar-refractivity contribution is 0.290. The summed E-state index contributed by atoms with van der Waals surface area (Å²) in [6.07, 6.45) is 4.36. The molecule has 0 radical (unpaired) electrons. The zero-order valence-electron chi connectivity index (χ0n) is 11.7. The first-order chi connectivity index (χ1) is 11.1. The second-order valence-corrected chi connectivity index (χ2v) is 5.85. The van der Waals surface area contributed by atoms with Gasteiger partial charge >= 0.3 is 0 Å². The lowest BCUT2D eigenvalue weighted by Gasteiger charge is -2.23. The Kier molecular flexibility index (Phi) is 3.23. The maximum Gasteiger partial charge on any atom is 0.269 e. The van der Waals surface area contributed by atoms with Crippen molar-refractivity contribution in [3.05, 3.63) is 69.2 Å². The Hall–Kier alpha value is -2.54. The van der Waals surface area contributed by atoms with Crippen molar-refractivity contribution in [1.29, 1.82) is 0 Å². The summed E-state index contributed by atoms with van der Waals surface area (Å²) in [4.78, 5) is 20.7. The van der Waals surface area contributed by atoms with E-state index >= 15 is 0 Å². The molecule has 1 aliphatic heterocycles. The van der Waals surface area contributed by atoms with Crippen molar-refractivity contribution in [2.75, 3.05) is 0 Å². The van der Waals surface area contributed by atoms with E-state index in [1.54, 1.807) is 30.6 Å². The third-order valence-corrected chi connectivity index (χ3v) is 4.17. The van der Waals surface area contributed by atoms with Crippen LogP contribution in [0.2, 0.25) is 0 Å². The summed E-state index contributed by atoms with van der Waals surface area (Å²) in [5.41, 5.74) is 2.29. The average molecular weight is 374 g/mol. The third-order valence-electron chi connectivity index (χ3n) is 3.60. The van der Waals surface area contributed by atoms with Crippen LogP contribution in [0.25, 0.3) is 16.9 Å². The lowest BCUT2D eigenvalue weighted by Crippen LogP contribution is -2.26. The minimum atomic E-state index is -0.466. The Balaban J connectivity index is 2.05. The fourth-order valence-corrected chi connectivity index (χ4v) is 3.01. The molecule has 0 saturated carbocycles. The molecule has 5 nitrogen and oxygen atoms in total. The first-order valence-electron chi connectivity index (χ1n) is 6.78. The highest BCUT2D eigenvalue weighted by molar-refractivity contribution is 9.10. The minimum absolute atomic E-state index is 0.144. The highest BCUT2D eigenvalue weighted by Crippen LogP contribution is 2.37. The molecule has 3 aromatic rings. The predicted molar refractivity (Wildman–Crippen MR) is 85.1 cm³/mol. The number of nitrogens with zero attached hydrogens (tertiary/aromatic N) is 3. The van der Waals surface area contributed by atoms with Crippen LogP contribution in [0.15, 0.2) is 52.1 Å². The van der Waals surface area contributed by atoms with Gasteiger partial charge in [0.2, 0.25) is 0 Å². The van der Waals surface area contributed by atoms with Crippen molar-refractivity contribution in [2.45, 2.75) is 6.61 Å². The predicted octanol–water partition coefficient (Wildman–Crippen LogP) is 3.09.